The van der Waals surface area contributed by atoms with Crippen molar-refractivity contribution in [2.45, 2.75) is 58.0 Å². The van der Waals surface area contributed by atoms with Gasteiger partial charge >= 0.3 is 0 Å². The maximum absolute atomic E-state index is 5.74. The van der Waals surface area contributed by atoms with Gasteiger partial charge in [-0.1, -0.05) is 6.92 Å². The summed E-state index contributed by atoms with van der Waals surface area (Å²) in [5.74, 6) is 0. The maximum atomic E-state index is 5.74. The van der Waals surface area contributed by atoms with E-state index in [0.29, 0.717) is 6.10 Å². The van der Waals surface area contributed by atoms with Crippen molar-refractivity contribution in [3.8, 4) is 0 Å². The van der Waals surface area contributed by atoms with Crippen LogP contribution >= 0.6 is 11.3 Å². The van der Waals surface area contributed by atoms with Gasteiger partial charge in [0, 0.05) is 26.0 Å². The number of hydrogen-bond acceptors (Lipinski definition) is 5. The third-order valence-corrected chi connectivity index (χ3v) is 4.45. The molecule has 1 fully saturated rings. The van der Waals surface area contributed by atoms with Crippen LogP contribution in [0.4, 0.5) is 0 Å². The molecule has 108 valence electrons. The average Bonchev–Trinajstić information content (AvgIpc) is 2.91. The molecule has 1 saturated heterocycles. The SMILES string of the molecule is CCCNCCc1nnc(CCC2CCCCO2)s1. The number of ether oxygens (including phenoxy) is 1. The van der Waals surface area contributed by atoms with E-state index < -0.39 is 0 Å². The minimum Gasteiger partial charge on any atom is -0.378 e. The monoisotopic (exact) mass is 283 g/mol. The largest absolute Gasteiger partial charge is 0.378 e. The van der Waals surface area contributed by atoms with Gasteiger partial charge in [0.2, 0.25) is 0 Å². The first kappa shape index (κ1) is 14.9. The van der Waals surface area contributed by atoms with Gasteiger partial charge in [-0.2, -0.15) is 0 Å². The van der Waals surface area contributed by atoms with E-state index in [4.69, 9.17) is 4.74 Å². The third kappa shape index (κ3) is 5.55. The van der Waals surface area contributed by atoms with Crippen LogP contribution in [0.5, 0.6) is 0 Å². The number of rotatable bonds is 8. The lowest BCUT2D eigenvalue weighted by Crippen LogP contribution is -2.19. The summed E-state index contributed by atoms with van der Waals surface area (Å²) in [7, 11) is 0. The van der Waals surface area contributed by atoms with Crippen LogP contribution in [0.1, 0.15) is 49.0 Å². The summed E-state index contributed by atoms with van der Waals surface area (Å²) in [5.41, 5.74) is 0. The van der Waals surface area contributed by atoms with E-state index in [-0.39, 0.29) is 0 Å². The van der Waals surface area contributed by atoms with Crippen molar-refractivity contribution in [3.05, 3.63) is 10.0 Å². The minimum absolute atomic E-state index is 0.451. The fraction of sp³-hybridized carbons (Fsp3) is 0.857. The maximum Gasteiger partial charge on any atom is 0.118 e. The molecule has 1 unspecified atom stereocenters. The van der Waals surface area contributed by atoms with E-state index in [0.717, 1.165) is 44.0 Å². The zero-order valence-electron chi connectivity index (χ0n) is 11.9. The summed E-state index contributed by atoms with van der Waals surface area (Å²) in [5, 5.41) is 14.3. The van der Waals surface area contributed by atoms with Gasteiger partial charge < -0.3 is 10.1 Å². The van der Waals surface area contributed by atoms with Gasteiger partial charge in [-0.15, -0.1) is 21.5 Å². The normalized spacial score (nSPS) is 19.7. The van der Waals surface area contributed by atoms with Gasteiger partial charge in [0.25, 0.3) is 0 Å². The Labute approximate surface area is 120 Å². The second-order valence-corrected chi connectivity index (χ2v) is 6.26. The van der Waals surface area contributed by atoms with E-state index in [1.807, 2.05) is 0 Å². The smallest absolute Gasteiger partial charge is 0.118 e. The number of aromatic nitrogens is 2. The first-order chi connectivity index (χ1) is 9.38. The predicted molar refractivity (Wildman–Crippen MR) is 78.7 cm³/mol. The lowest BCUT2D eigenvalue weighted by Gasteiger charge is -2.21. The number of hydrogen-bond donors (Lipinski definition) is 1. The van der Waals surface area contributed by atoms with Crippen LogP contribution < -0.4 is 5.32 Å². The second kappa shape index (κ2) is 8.61. The molecular weight excluding hydrogens is 258 g/mol. The molecule has 0 spiro atoms. The van der Waals surface area contributed by atoms with Crippen LogP contribution in [0.3, 0.4) is 0 Å². The Kier molecular flexibility index (Phi) is 6.74. The fourth-order valence-electron chi connectivity index (χ4n) is 2.31. The molecule has 1 atom stereocenters. The van der Waals surface area contributed by atoms with Crippen molar-refractivity contribution in [1.82, 2.24) is 15.5 Å². The Morgan fingerprint density at radius 2 is 2.05 bits per heavy atom. The van der Waals surface area contributed by atoms with Crippen LogP contribution in [0.2, 0.25) is 0 Å². The van der Waals surface area contributed by atoms with Crippen molar-refractivity contribution in [3.63, 3.8) is 0 Å². The van der Waals surface area contributed by atoms with Crippen molar-refractivity contribution in [2.24, 2.45) is 0 Å². The predicted octanol–water partition coefficient (Wildman–Crippen LogP) is 2.58. The molecule has 2 rings (SSSR count). The van der Waals surface area contributed by atoms with Crippen molar-refractivity contribution >= 4 is 11.3 Å². The molecule has 0 aromatic carbocycles. The molecule has 1 aromatic heterocycles. The topological polar surface area (TPSA) is 47.0 Å². The van der Waals surface area contributed by atoms with Crippen LogP contribution in [-0.4, -0.2) is 36.0 Å². The van der Waals surface area contributed by atoms with Crippen molar-refractivity contribution < 1.29 is 4.74 Å². The number of aryl methyl sites for hydroxylation is 1. The molecule has 1 aromatic rings. The Morgan fingerprint density at radius 1 is 1.21 bits per heavy atom. The molecule has 0 saturated carbocycles. The average molecular weight is 283 g/mol. The van der Waals surface area contributed by atoms with Crippen LogP contribution in [0, 0.1) is 0 Å². The summed E-state index contributed by atoms with van der Waals surface area (Å²) in [6.45, 7) is 5.22. The Morgan fingerprint density at radius 3 is 2.79 bits per heavy atom. The third-order valence-electron chi connectivity index (χ3n) is 3.41. The van der Waals surface area contributed by atoms with Gasteiger partial charge in [0.1, 0.15) is 10.0 Å². The molecule has 0 radical (unpaired) electrons. The highest BCUT2D eigenvalue weighted by atomic mass is 32.1. The summed E-state index contributed by atoms with van der Waals surface area (Å²) in [6, 6.07) is 0. The quantitative estimate of drug-likeness (QED) is 0.745. The highest BCUT2D eigenvalue weighted by Gasteiger charge is 2.14. The molecule has 2 heterocycles. The lowest BCUT2D eigenvalue weighted by molar-refractivity contribution is 0.0115. The van der Waals surface area contributed by atoms with E-state index >= 15 is 0 Å². The highest BCUT2D eigenvalue weighted by molar-refractivity contribution is 7.11. The molecule has 5 heteroatoms. The van der Waals surface area contributed by atoms with Crippen molar-refractivity contribution in [1.29, 1.82) is 0 Å². The summed E-state index contributed by atoms with van der Waals surface area (Å²) >= 11 is 1.76. The molecular formula is C14H25N3OS. The molecule has 19 heavy (non-hydrogen) atoms. The van der Waals surface area contributed by atoms with E-state index in [1.54, 1.807) is 11.3 Å². The standard InChI is InChI=1S/C14H25N3OS/c1-2-9-15-10-8-14-17-16-13(19-14)7-6-12-5-3-4-11-18-12/h12,15H,2-11H2,1H3. The number of nitrogens with one attached hydrogen (secondary N) is 1. The molecule has 4 nitrogen and oxygen atoms in total. The molecule has 1 aliphatic rings. The van der Waals surface area contributed by atoms with Crippen molar-refractivity contribution in [2.75, 3.05) is 19.7 Å². The first-order valence-electron chi connectivity index (χ1n) is 7.52. The Bertz CT molecular complexity index is 350. The second-order valence-electron chi connectivity index (χ2n) is 5.12. The van der Waals surface area contributed by atoms with Crippen LogP contribution in [0.15, 0.2) is 0 Å². The molecule has 1 aliphatic heterocycles. The van der Waals surface area contributed by atoms with Crippen LogP contribution in [0.25, 0.3) is 0 Å². The Hall–Kier alpha value is -0.520. The summed E-state index contributed by atoms with van der Waals surface area (Å²) < 4.78 is 5.74. The molecule has 1 N–H and O–H groups in total. The fourth-order valence-corrected chi connectivity index (χ4v) is 3.17. The van der Waals surface area contributed by atoms with Crippen LogP contribution in [-0.2, 0) is 17.6 Å². The van der Waals surface area contributed by atoms with Gasteiger partial charge in [-0.05, 0) is 38.6 Å². The van der Waals surface area contributed by atoms with E-state index in [1.165, 1.54) is 30.7 Å². The lowest BCUT2D eigenvalue weighted by atomic mass is 10.1. The molecule has 0 bridgehead atoms. The Balaban J connectivity index is 1.65. The zero-order chi connectivity index (χ0) is 13.3. The number of nitrogens with zero attached hydrogens (tertiary/aromatic N) is 2. The zero-order valence-corrected chi connectivity index (χ0v) is 12.7. The van der Waals surface area contributed by atoms with Gasteiger partial charge in [-0.25, -0.2) is 0 Å². The van der Waals surface area contributed by atoms with Gasteiger partial charge in [-0.3, -0.25) is 0 Å². The molecule has 0 amide bonds. The first-order valence-corrected chi connectivity index (χ1v) is 8.33. The highest BCUT2D eigenvalue weighted by Crippen LogP contribution is 2.19. The summed E-state index contributed by atoms with van der Waals surface area (Å²) in [6.07, 6.45) is 8.51. The summed E-state index contributed by atoms with van der Waals surface area (Å²) in [4.78, 5) is 0. The van der Waals surface area contributed by atoms with Gasteiger partial charge in [0.15, 0.2) is 0 Å². The molecule has 0 aliphatic carbocycles. The van der Waals surface area contributed by atoms with E-state index in [9.17, 15) is 0 Å². The van der Waals surface area contributed by atoms with Gasteiger partial charge in [0.05, 0.1) is 6.10 Å². The van der Waals surface area contributed by atoms with E-state index in [2.05, 4.69) is 22.4 Å². The minimum atomic E-state index is 0.451.